The van der Waals surface area contributed by atoms with Gasteiger partial charge in [-0.15, -0.1) is 0 Å². The molecule has 1 amide bonds. The summed E-state index contributed by atoms with van der Waals surface area (Å²) in [5, 5.41) is 19.7. The fourth-order valence-corrected chi connectivity index (χ4v) is 2.44. The molecule has 1 unspecified atom stereocenters. The Bertz CT molecular complexity index is 940. The number of carbonyl (C=O) groups excluding carboxylic acids is 1. The van der Waals surface area contributed by atoms with Gasteiger partial charge in [-0.2, -0.15) is 18.3 Å². The number of aromatic amines is 1. The number of halogens is 3. The first-order valence-corrected chi connectivity index (χ1v) is 8.04. The standard InChI is InChI=1S/C18H16F3N3O3/c19-18(20,21)11-4-3-5-13(8-11)27-10-12(25)9-22-17(26)16-14-6-1-2-7-15(14)23-24-16/h1-8,12,25H,9-10H2,(H,22,26)(H,23,24). The molecule has 0 aliphatic rings. The summed E-state index contributed by atoms with van der Waals surface area (Å²) in [6.45, 7) is -0.415. The normalized spacial score (nSPS) is 12.7. The average Bonchev–Trinajstić information content (AvgIpc) is 3.08. The number of aromatic nitrogens is 2. The Morgan fingerprint density at radius 1 is 1.22 bits per heavy atom. The molecular weight excluding hydrogens is 363 g/mol. The lowest BCUT2D eigenvalue weighted by Gasteiger charge is -2.14. The van der Waals surface area contributed by atoms with E-state index in [1.165, 1.54) is 12.1 Å². The van der Waals surface area contributed by atoms with Gasteiger partial charge >= 0.3 is 6.18 Å². The van der Waals surface area contributed by atoms with Crippen LogP contribution in [0, 0.1) is 0 Å². The number of ether oxygens (including phenoxy) is 1. The van der Waals surface area contributed by atoms with Crippen LogP contribution in [0.15, 0.2) is 48.5 Å². The third-order valence-electron chi connectivity index (χ3n) is 3.79. The van der Waals surface area contributed by atoms with Crippen molar-refractivity contribution >= 4 is 16.8 Å². The van der Waals surface area contributed by atoms with Crippen molar-refractivity contribution in [1.29, 1.82) is 0 Å². The number of para-hydroxylation sites is 1. The molecule has 1 aromatic heterocycles. The molecule has 142 valence electrons. The summed E-state index contributed by atoms with van der Waals surface area (Å²) in [4.78, 5) is 12.2. The minimum atomic E-state index is -4.47. The Morgan fingerprint density at radius 2 is 2.00 bits per heavy atom. The van der Waals surface area contributed by atoms with E-state index in [9.17, 15) is 23.1 Å². The summed E-state index contributed by atoms with van der Waals surface area (Å²) in [6.07, 6.45) is -5.58. The van der Waals surface area contributed by atoms with Gasteiger partial charge in [0.2, 0.25) is 0 Å². The second-order valence-electron chi connectivity index (χ2n) is 5.82. The number of benzene rings is 2. The third-order valence-corrected chi connectivity index (χ3v) is 3.79. The molecule has 9 heteroatoms. The van der Waals surface area contributed by atoms with E-state index in [4.69, 9.17) is 4.74 Å². The second-order valence-corrected chi connectivity index (χ2v) is 5.82. The molecular formula is C18H16F3N3O3. The molecule has 0 radical (unpaired) electrons. The zero-order valence-corrected chi connectivity index (χ0v) is 14.0. The van der Waals surface area contributed by atoms with Gasteiger partial charge in [0.25, 0.3) is 5.91 Å². The monoisotopic (exact) mass is 379 g/mol. The Kier molecular flexibility index (Phi) is 5.31. The van der Waals surface area contributed by atoms with Crippen molar-refractivity contribution in [3.05, 3.63) is 59.8 Å². The molecule has 1 atom stereocenters. The van der Waals surface area contributed by atoms with E-state index in [1.54, 1.807) is 24.3 Å². The molecule has 0 spiro atoms. The van der Waals surface area contributed by atoms with Crippen LogP contribution in [-0.4, -0.2) is 40.5 Å². The molecule has 2 aromatic carbocycles. The number of nitrogens with zero attached hydrogens (tertiary/aromatic N) is 1. The highest BCUT2D eigenvalue weighted by molar-refractivity contribution is 6.04. The zero-order chi connectivity index (χ0) is 19.4. The number of alkyl halides is 3. The smallest absolute Gasteiger partial charge is 0.416 e. The van der Waals surface area contributed by atoms with Crippen LogP contribution in [0.5, 0.6) is 5.75 Å². The van der Waals surface area contributed by atoms with E-state index in [-0.39, 0.29) is 24.6 Å². The van der Waals surface area contributed by atoms with Crippen LogP contribution in [0.3, 0.4) is 0 Å². The lowest BCUT2D eigenvalue weighted by Crippen LogP contribution is -2.35. The summed E-state index contributed by atoms with van der Waals surface area (Å²) in [6, 6.07) is 11.4. The Labute approximate surface area is 152 Å². The van der Waals surface area contributed by atoms with Crippen LogP contribution < -0.4 is 10.1 Å². The molecule has 0 aliphatic carbocycles. The number of hydrogen-bond donors (Lipinski definition) is 3. The van der Waals surface area contributed by atoms with Gasteiger partial charge in [0.15, 0.2) is 5.69 Å². The number of carbonyl (C=O) groups is 1. The molecule has 3 N–H and O–H groups in total. The van der Waals surface area contributed by atoms with Crippen LogP contribution in [0.4, 0.5) is 13.2 Å². The molecule has 0 bridgehead atoms. The largest absolute Gasteiger partial charge is 0.491 e. The molecule has 6 nitrogen and oxygen atoms in total. The number of aliphatic hydroxyl groups excluding tert-OH is 1. The lowest BCUT2D eigenvalue weighted by atomic mass is 10.2. The SMILES string of the molecule is O=C(NCC(O)COc1cccc(C(F)(F)F)c1)c1n[nH]c2ccccc12. The van der Waals surface area contributed by atoms with Gasteiger partial charge in [0, 0.05) is 11.9 Å². The number of rotatable bonds is 6. The van der Waals surface area contributed by atoms with E-state index < -0.39 is 23.8 Å². The van der Waals surface area contributed by atoms with Crippen LogP contribution >= 0.6 is 0 Å². The van der Waals surface area contributed by atoms with Crippen molar-refractivity contribution in [3.63, 3.8) is 0 Å². The van der Waals surface area contributed by atoms with Gasteiger partial charge in [0.05, 0.1) is 11.1 Å². The summed E-state index contributed by atoms with van der Waals surface area (Å²) in [5.41, 5.74) is 0.0564. The topological polar surface area (TPSA) is 87.2 Å². The fraction of sp³-hybridized carbons (Fsp3) is 0.222. The number of nitrogens with one attached hydrogen (secondary N) is 2. The molecule has 0 fully saturated rings. The molecule has 0 aliphatic heterocycles. The number of H-pyrrole nitrogens is 1. The van der Waals surface area contributed by atoms with Crippen LogP contribution in [-0.2, 0) is 6.18 Å². The summed E-state index contributed by atoms with van der Waals surface area (Å²) < 4.78 is 43.2. The van der Waals surface area contributed by atoms with Crippen molar-refractivity contribution in [2.75, 3.05) is 13.2 Å². The highest BCUT2D eigenvalue weighted by atomic mass is 19.4. The number of fused-ring (bicyclic) bond motifs is 1. The second kappa shape index (κ2) is 7.67. The van der Waals surface area contributed by atoms with Crippen molar-refractivity contribution < 1.29 is 27.8 Å². The molecule has 1 heterocycles. The van der Waals surface area contributed by atoms with E-state index >= 15 is 0 Å². The van der Waals surface area contributed by atoms with Crippen molar-refractivity contribution in [2.45, 2.75) is 12.3 Å². The summed E-state index contributed by atoms with van der Waals surface area (Å²) in [5.74, 6) is -0.501. The minimum Gasteiger partial charge on any atom is -0.491 e. The highest BCUT2D eigenvalue weighted by Crippen LogP contribution is 2.31. The van der Waals surface area contributed by atoms with E-state index in [1.807, 2.05) is 0 Å². The maximum absolute atomic E-state index is 12.7. The van der Waals surface area contributed by atoms with Gasteiger partial charge in [0.1, 0.15) is 18.5 Å². The van der Waals surface area contributed by atoms with Crippen molar-refractivity contribution in [1.82, 2.24) is 15.5 Å². The van der Waals surface area contributed by atoms with E-state index in [2.05, 4.69) is 15.5 Å². The first kappa shape index (κ1) is 18.7. The number of hydrogen-bond acceptors (Lipinski definition) is 4. The predicted molar refractivity (Wildman–Crippen MR) is 91.4 cm³/mol. The van der Waals surface area contributed by atoms with Gasteiger partial charge in [-0.1, -0.05) is 24.3 Å². The Balaban J connectivity index is 1.53. The van der Waals surface area contributed by atoms with Gasteiger partial charge in [-0.05, 0) is 24.3 Å². The molecule has 0 saturated heterocycles. The van der Waals surface area contributed by atoms with Gasteiger partial charge in [-0.25, -0.2) is 0 Å². The average molecular weight is 379 g/mol. The zero-order valence-electron chi connectivity index (χ0n) is 14.0. The fourth-order valence-electron chi connectivity index (χ4n) is 2.44. The maximum atomic E-state index is 12.7. The minimum absolute atomic E-state index is 0.0199. The quantitative estimate of drug-likeness (QED) is 0.615. The number of aliphatic hydroxyl groups is 1. The van der Waals surface area contributed by atoms with E-state index in [0.717, 1.165) is 12.1 Å². The Hall–Kier alpha value is -3.07. The molecule has 3 rings (SSSR count). The summed E-state index contributed by atoms with van der Waals surface area (Å²) in [7, 11) is 0. The summed E-state index contributed by atoms with van der Waals surface area (Å²) >= 11 is 0. The molecule has 3 aromatic rings. The van der Waals surface area contributed by atoms with E-state index in [0.29, 0.717) is 10.9 Å². The predicted octanol–water partition coefficient (Wildman–Crippen LogP) is 2.75. The van der Waals surface area contributed by atoms with Crippen molar-refractivity contribution in [3.8, 4) is 5.75 Å². The first-order valence-electron chi connectivity index (χ1n) is 8.04. The first-order chi connectivity index (χ1) is 12.8. The lowest BCUT2D eigenvalue weighted by molar-refractivity contribution is -0.137. The highest BCUT2D eigenvalue weighted by Gasteiger charge is 2.30. The number of amides is 1. The molecule has 27 heavy (non-hydrogen) atoms. The van der Waals surface area contributed by atoms with Gasteiger partial charge in [-0.3, -0.25) is 9.89 Å². The van der Waals surface area contributed by atoms with Crippen molar-refractivity contribution in [2.24, 2.45) is 0 Å². The maximum Gasteiger partial charge on any atom is 0.416 e. The molecule has 0 saturated carbocycles. The van der Waals surface area contributed by atoms with Gasteiger partial charge < -0.3 is 15.2 Å². The van der Waals surface area contributed by atoms with Crippen LogP contribution in [0.1, 0.15) is 16.1 Å². The van der Waals surface area contributed by atoms with Crippen LogP contribution in [0.2, 0.25) is 0 Å². The third kappa shape index (κ3) is 4.56. The Morgan fingerprint density at radius 3 is 2.78 bits per heavy atom. The van der Waals surface area contributed by atoms with Crippen LogP contribution in [0.25, 0.3) is 10.9 Å².